The summed E-state index contributed by atoms with van der Waals surface area (Å²) in [6, 6.07) is 0. The molecule has 10 nitrogen and oxygen atoms in total. The minimum Gasteiger partial charge on any atom is -0.481 e. The van der Waals surface area contributed by atoms with Crippen LogP contribution in [0.1, 0.15) is 198 Å². The Morgan fingerprint density at radius 2 is 0.596 bits per heavy atom. The molecule has 0 aliphatic heterocycles. The summed E-state index contributed by atoms with van der Waals surface area (Å²) in [4.78, 5) is 58.9. The van der Waals surface area contributed by atoms with E-state index in [-0.39, 0.29) is 49.1 Å². The van der Waals surface area contributed by atoms with Gasteiger partial charge in [-0.25, -0.2) is 0 Å². The first-order valence-corrected chi connectivity index (χ1v) is 20.4. The predicted octanol–water partition coefficient (Wildman–Crippen LogP) is 10.8. The number of carboxylic acid groups (broad SMARTS) is 2. The Morgan fingerprint density at radius 3 is 0.750 bits per heavy atom. The van der Waals surface area contributed by atoms with Gasteiger partial charge in [0.2, 0.25) is 0 Å². The number of aliphatic carboxylic acids is 2. The average Bonchev–Trinajstić information content (AvgIpc) is 3.10. The van der Waals surface area contributed by atoms with Crippen LogP contribution in [0.4, 0.5) is 0 Å². The largest absolute Gasteiger partial charge is 0.870 e. The number of unbranched alkanes of at least 4 members (excludes halogenated alkanes) is 5. The molecule has 0 aromatic carbocycles. The van der Waals surface area contributed by atoms with Gasteiger partial charge in [0.25, 0.3) is 17.9 Å². The summed E-state index contributed by atoms with van der Waals surface area (Å²) in [6.45, 7) is 20.0. The normalized spacial score (nSPS) is 13.2. The van der Waals surface area contributed by atoms with Crippen molar-refractivity contribution in [1.29, 1.82) is 0 Å². The SMILES string of the molecule is CCCCC(CC)C(=O)O.CCCCC(CC)C(=O)O.CCCCC(CC)C(=O)OB(OC(=O)C(CC)CCCC)OC(=O)C(CC)CCCC.[Zn]. The van der Waals surface area contributed by atoms with Gasteiger partial charge in [0.15, 0.2) is 0 Å². The molecule has 52 heavy (non-hydrogen) atoms. The van der Waals surface area contributed by atoms with Gasteiger partial charge in [-0.05, 0) is 64.2 Å². The summed E-state index contributed by atoms with van der Waals surface area (Å²) in [5, 5.41) is 17.2. The first kappa shape index (κ1) is 56.8. The van der Waals surface area contributed by atoms with Crippen LogP contribution >= 0.6 is 0 Å². The molecule has 0 radical (unpaired) electrons. The second-order valence-electron chi connectivity index (χ2n) is 13.5. The molecule has 12 heteroatoms. The van der Waals surface area contributed by atoms with Gasteiger partial charge in [-0.2, -0.15) is 0 Å². The molecule has 5 atom stereocenters. The molecule has 0 saturated carbocycles. The molecule has 0 aromatic heterocycles. The van der Waals surface area contributed by atoms with Gasteiger partial charge < -0.3 is 24.2 Å². The van der Waals surface area contributed by atoms with Crippen molar-refractivity contribution in [1.82, 2.24) is 0 Å². The standard InChI is InChI=1S/C24H45BO6.2C8H16O2.Zn/c1-7-13-16-19(10-4)22(26)29-25(30-23(27)20(11-5)17-14-8-2)31-24(28)21(12-6)18-15-9-3;2*1-3-5-6-7(4-2)8(9)10;/h19-21H,7-18H2,1-6H3;2*7H,3-6H2,1-2H3,(H,9,10);. The first-order chi connectivity index (χ1) is 24.3. The number of rotatable bonds is 28. The third-order valence-electron chi connectivity index (χ3n) is 9.33. The molecule has 0 saturated heterocycles. The Bertz CT molecular complexity index is 806. The van der Waals surface area contributed by atoms with Crippen LogP contribution in [0, 0.1) is 29.6 Å². The molecule has 302 valence electrons. The minimum absolute atomic E-state index is 0. The van der Waals surface area contributed by atoms with Crippen molar-refractivity contribution in [3.63, 3.8) is 0 Å². The van der Waals surface area contributed by atoms with E-state index in [1.54, 1.807) is 0 Å². The van der Waals surface area contributed by atoms with Gasteiger partial charge in [-0.3, -0.25) is 24.0 Å². The van der Waals surface area contributed by atoms with Crippen molar-refractivity contribution >= 4 is 37.2 Å². The van der Waals surface area contributed by atoms with Crippen molar-refractivity contribution in [2.24, 2.45) is 29.6 Å². The molecule has 0 heterocycles. The molecule has 0 fully saturated rings. The molecule has 0 amide bonds. The third kappa shape index (κ3) is 29.5. The van der Waals surface area contributed by atoms with E-state index < -0.39 is 37.2 Å². The number of hydrogen-bond donors (Lipinski definition) is 2. The van der Waals surface area contributed by atoms with Gasteiger partial charge in [0.1, 0.15) is 0 Å². The van der Waals surface area contributed by atoms with E-state index in [9.17, 15) is 24.0 Å². The molecule has 0 rings (SSSR count). The molecule has 0 aromatic rings. The van der Waals surface area contributed by atoms with Gasteiger partial charge in [0, 0.05) is 19.5 Å². The van der Waals surface area contributed by atoms with Gasteiger partial charge >= 0.3 is 19.3 Å². The Balaban J connectivity index is -0.000000446. The maximum Gasteiger partial charge on any atom is 0.870 e. The zero-order valence-electron chi connectivity index (χ0n) is 35.0. The van der Waals surface area contributed by atoms with E-state index in [1.807, 2.05) is 34.6 Å². The van der Waals surface area contributed by atoms with Crippen LogP contribution < -0.4 is 0 Å². The van der Waals surface area contributed by atoms with Crippen LogP contribution in [0.5, 0.6) is 0 Å². The van der Waals surface area contributed by atoms with E-state index in [1.165, 1.54) is 0 Å². The molecule has 0 aliphatic carbocycles. The zero-order valence-corrected chi connectivity index (χ0v) is 37.9. The Labute approximate surface area is 331 Å². The summed E-state index contributed by atoms with van der Waals surface area (Å²) >= 11 is 0. The second-order valence-corrected chi connectivity index (χ2v) is 13.5. The summed E-state index contributed by atoms with van der Waals surface area (Å²) in [5.74, 6) is -3.86. The Hall–Kier alpha value is -1.96. The van der Waals surface area contributed by atoms with E-state index in [2.05, 4.69) is 34.6 Å². The van der Waals surface area contributed by atoms with Crippen LogP contribution in [0.25, 0.3) is 0 Å². The molecule has 0 spiro atoms. The number of carboxylic acids is 2. The molecular weight excluding hydrogens is 717 g/mol. The average molecular weight is 794 g/mol. The van der Waals surface area contributed by atoms with Crippen molar-refractivity contribution in [3.8, 4) is 0 Å². The molecular formula is C40H77BO10Zn. The van der Waals surface area contributed by atoms with E-state index in [4.69, 9.17) is 24.2 Å². The van der Waals surface area contributed by atoms with Crippen molar-refractivity contribution in [3.05, 3.63) is 0 Å². The quantitative estimate of drug-likeness (QED) is 0.0732. The van der Waals surface area contributed by atoms with Crippen LogP contribution in [0.15, 0.2) is 0 Å². The minimum atomic E-state index is -1.62. The van der Waals surface area contributed by atoms with Crippen LogP contribution in [0.3, 0.4) is 0 Å². The van der Waals surface area contributed by atoms with Crippen molar-refractivity contribution < 1.29 is 67.6 Å². The summed E-state index contributed by atoms with van der Waals surface area (Å²) < 4.78 is 16.2. The fourth-order valence-corrected chi connectivity index (χ4v) is 5.37. The first-order valence-electron chi connectivity index (χ1n) is 20.4. The Kier molecular flexibility index (Phi) is 42.3. The smallest absolute Gasteiger partial charge is 0.481 e. The fourth-order valence-electron chi connectivity index (χ4n) is 5.37. The maximum atomic E-state index is 12.7. The van der Waals surface area contributed by atoms with Crippen molar-refractivity contribution in [2.45, 2.75) is 198 Å². The van der Waals surface area contributed by atoms with Crippen LogP contribution in [-0.2, 0) is 57.4 Å². The van der Waals surface area contributed by atoms with E-state index in [0.29, 0.717) is 38.5 Å². The number of carbonyl (C=O) groups is 5. The zero-order chi connectivity index (χ0) is 39.6. The van der Waals surface area contributed by atoms with Crippen molar-refractivity contribution in [2.75, 3.05) is 0 Å². The van der Waals surface area contributed by atoms with E-state index >= 15 is 0 Å². The second kappa shape index (κ2) is 38.8. The molecule has 5 unspecified atom stereocenters. The van der Waals surface area contributed by atoms with E-state index in [0.717, 1.165) is 89.9 Å². The molecule has 2 N–H and O–H groups in total. The monoisotopic (exact) mass is 792 g/mol. The third-order valence-corrected chi connectivity index (χ3v) is 9.33. The summed E-state index contributed by atoms with van der Waals surface area (Å²) in [5.41, 5.74) is 0. The van der Waals surface area contributed by atoms with Gasteiger partial charge in [0.05, 0.1) is 29.6 Å². The molecule has 0 bridgehead atoms. The Morgan fingerprint density at radius 1 is 0.404 bits per heavy atom. The molecule has 0 aliphatic rings. The summed E-state index contributed by atoms with van der Waals surface area (Å²) in [7, 11) is -1.62. The fraction of sp³-hybridized carbons (Fsp3) is 0.875. The number of carbonyl (C=O) groups excluding carboxylic acids is 3. The van der Waals surface area contributed by atoms with Gasteiger partial charge in [-0.1, -0.05) is 133 Å². The summed E-state index contributed by atoms with van der Waals surface area (Å²) in [6.07, 6.45) is 17.0. The van der Waals surface area contributed by atoms with Crippen LogP contribution in [0.2, 0.25) is 0 Å². The van der Waals surface area contributed by atoms with Gasteiger partial charge in [-0.15, -0.1) is 0 Å². The number of hydrogen-bond acceptors (Lipinski definition) is 8. The predicted molar refractivity (Wildman–Crippen MR) is 206 cm³/mol. The topological polar surface area (TPSA) is 153 Å². The van der Waals surface area contributed by atoms with Crippen LogP contribution in [-0.4, -0.2) is 47.4 Å². The maximum absolute atomic E-state index is 12.7.